The standard InChI is InChI=1S/C13H11NO2.Na.H/c15-13(11-7-3-1-4-8-11)16-14-12-9-5-2-6-10-12;;/h1-10,14H;;. The molecule has 0 spiro atoms. The summed E-state index contributed by atoms with van der Waals surface area (Å²) in [5.74, 6) is -0.399. The Morgan fingerprint density at radius 2 is 1.41 bits per heavy atom. The fourth-order valence-corrected chi connectivity index (χ4v) is 1.24. The Kier molecular flexibility index (Phi) is 5.77. The number of carbonyl (C=O) groups is 1. The van der Waals surface area contributed by atoms with Crippen molar-refractivity contribution in [1.29, 1.82) is 0 Å². The van der Waals surface area contributed by atoms with Crippen molar-refractivity contribution in [3.05, 3.63) is 66.2 Å². The summed E-state index contributed by atoms with van der Waals surface area (Å²) in [6.45, 7) is 0. The molecule has 82 valence electrons. The molecule has 0 aliphatic carbocycles. The van der Waals surface area contributed by atoms with E-state index in [-0.39, 0.29) is 29.6 Å². The van der Waals surface area contributed by atoms with Gasteiger partial charge in [-0.1, -0.05) is 36.4 Å². The number of carbonyl (C=O) groups excluding carboxylic acids is 1. The fourth-order valence-electron chi connectivity index (χ4n) is 1.24. The third-order valence-electron chi connectivity index (χ3n) is 2.04. The average molecular weight is 237 g/mol. The van der Waals surface area contributed by atoms with Gasteiger partial charge >= 0.3 is 35.5 Å². The van der Waals surface area contributed by atoms with Crippen LogP contribution in [0.2, 0.25) is 0 Å². The van der Waals surface area contributed by atoms with Crippen LogP contribution in [0.15, 0.2) is 60.7 Å². The molecule has 0 aromatic heterocycles. The third kappa shape index (κ3) is 4.23. The quantitative estimate of drug-likeness (QED) is 0.657. The van der Waals surface area contributed by atoms with Crippen LogP contribution in [0.1, 0.15) is 10.4 Å². The van der Waals surface area contributed by atoms with Gasteiger partial charge in [-0.25, -0.2) is 10.3 Å². The molecule has 0 atom stereocenters. The zero-order valence-corrected chi connectivity index (χ0v) is 8.59. The van der Waals surface area contributed by atoms with Crippen LogP contribution in [0.4, 0.5) is 5.69 Å². The zero-order valence-electron chi connectivity index (χ0n) is 8.59. The van der Waals surface area contributed by atoms with E-state index in [9.17, 15) is 4.79 Å². The number of benzene rings is 2. The first kappa shape index (κ1) is 13.8. The molecule has 0 aliphatic rings. The molecule has 17 heavy (non-hydrogen) atoms. The number of hydrogen-bond donors (Lipinski definition) is 1. The van der Waals surface area contributed by atoms with E-state index in [1.54, 1.807) is 24.3 Å². The molecular weight excluding hydrogens is 225 g/mol. The number of anilines is 1. The summed E-state index contributed by atoms with van der Waals surface area (Å²) in [4.78, 5) is 16.5. The summed E-state index contributed by atoms with van der Waals surface area (Å²) < 4.78 is 0. The van der Waals surface area contributed by atoms with E-state index in [2.05, 4.69) is 5.48 Å². The Labute approximate surface area is 122 Å². The topological polar surface area (TPSA) is 38.3 Å². The minimum absolute atomic E-state index is 0. The molecule has 0 amide bonds. The van der Waals surface area contributed by atoms with Crippen molar-refractivity contribution < 1.29 is 9.63 Å². The first-order chi connectivity index (χ1) is 7.86. The molecule has 0 saturated carbocycles. The van der Waals surface area contributed by atoms with E-state index in [1.807, 2.05) is 36.4 Å². The first-order valence-electron chi connectivity index (χ1n) is 4.93. The molecule has 0 unspecified atom stereocenters. The molecule has 0 saturated heterocycles. The molecule has 2 aromatic rings. The van der Waals surface area contributed by atoms with Crippen LogP contribution in [0.3, 0.4) is 0 Å². The molecule has 3 nitrogen and oxygen atoms in total. The van der Waals surface area contributed by atoms with Crippen molar-refractivity contribution in [3.8, 4) is 0 Å². The van der Waals surface area contributed by atoms with Crippen molar-refractivity contribution in [2.75, 3.05) is 5.48 Å². The van der Waals surface area contributed by atoms with Crippen LogP contribution >= 0.6 is 0 Å². The summed E-state index contributed by atoms with van der Waals surface area (Å²) >= 11 is 0. The van der Waals surface area contributed by atoms with E-state index in [4.69, 9.17) is 4.84 Å². The van der Waals surface area contributed by atoms with Crippen LogP contribution < -0.4 is 5.48 Å². The molecule has 4 heteroatoms. The van der Waals surface area contributed by atoms with Crippen molar-refractivity contribution in [2.45, 2.75) is 0 Å². The second-order valence-corrected chi connectivity index (χ2v) is 3.22. The van der Waals surface area contributed by atoms with Crippen LogP contribution in [-0.2, 0) is 4.84 Å². The molecule has 0 fully saturated rings. The summed E-state index contributed by atoms with van der Waals surface area (Å²) in [5.41, 5.74) is 3.86. The molecule has 2 aromatic carbocycles. The number of hydrogen-bond acceptors (Lipinski definition) is 3. The minimum atomic E-state index is -0.399. The molecule has 0 heterocycles. The Morgan fingerprint density at radius 3 is 2.00 bits per heavy atom. The van der Waals surface area contributed by atoms with Crippen LogP contribution in [0, 0.1) is 0 Å². The summed E-state index contributed by atoms with van der Waals surface area (Å²) in [6, 6.07) is 18.1. The van der Waals surface area contributed by atoms with E-state index < -0.39 is 5.97 Å². The van der Waals surface area contributed by atoms with Gasteiger partial charge in [-0.2, -0.15) is 0 Å². The van der Waals surface area contributed by atoms with Gasteiger partial charge in [-0.15, -0.1) is 0 Å². The van der Waals surface area contributed by atoms with Crippen molar-refractivity contribution in [2.24, 2.45) is 0 Å². The zero-order chi connectivity index (χ0) is 11.2. The average Bonchev–Trinajstić information content (AvgIpc) is 2.38. The van der Waals surface area contributed by atoms with Gasteiger partial charge < -0.3 is 4.84 Å². The second kappa shape index (κ2) is 7.12. The van der Waals surface area contributed by atoms with E-state index >= 15 is 0 Å². The van der Waals surface area contributed by atoms with Crippen molar-refractivity contribution in [1.82, 2.24) is 0 Å². The number of nitrogens with one attached hydrogen (secondary N) is 1. The van der Waals surface area contributed by atoms with E-state index in [0.29, 0.717) is 5.56 Å². The van der Waals surface area contributed by atoms with Gasteiger partial charge in [0, 0.05) is 0 Å². The maximum absolute atomic E-state index is 11.5. The fraction of sp³-hybridized carbons (Fsp3) is 0. The summed E-state index contributed by atoms with van der Waals surface area (Å²) in [6.07, 6.45) is 0. The molecular formula is C13H12NNaO2. The second-order valence-electron chi connectivity index (χ2n) is 3.22. The monoisotopic (exact) mass is 237 g/mol. The number of para-hydroxylation sites is 1. The SMILES string of the molecule is O=C(ONc1ccccc1)c1ccccc1.[NaH]. The molecule has 0 radical (unpaired) electrons. The predicted octanol–water partition coefficient (Wildman–Crippen LogP) is 2.22. The van der Waals surface area contributed by atoms with Crippen LogP contribution in [0.5, 0.6) is 0 Å². The normalized spacial score (nSPS) is 8.94. The van der Waals surface area contributed by atoms with Gasteiger partial charge in [-0.05, 0) is 24.3 Å². The molecule has 0 aliphatic heterocycles. The van der Waals surface area contributed by atoms with Crippen LogP contribution in [-0.4, -0.2) is 35.5 Å². The van der Waals surface area contributed by atoms with Gasteiger partial charge in [0.25, 0.3) is 0 Å². The first-order valence-corrected chi connectivity index (χ1v) is 4.93. The summed E-state index contributed by atoms with van der Waals surface area (Å²) in [7, 11) is 0. The predicted molar refractivity (Wildman–Crippen MR) is 69.1 cm³/mol. The molecule has 1 N–H and O–H groups in total. The van der Waals surface area contributed by atoms with Gasteiger partial charge in [0.05, 0.1) is 11.3 Å². The van der Waals surface area contributed by atoms with E-state index in [1.165, 1.54) is 0 Å². The Balaban J connectivity index is 0.00000144. The van der Waals surface area contributed by atoms with Crippen LogP contribution in [0.25, 0.3) is 0 Å². The number of rotatable bonds is 3. The maximum atomic E-state index is 11.5. The van der Waals surface area contributed by atoms with Gasteiger partial charge in [0.2, 0.25) is 0 Å². The van der Waals surface area contributed by atoms with Gasteiger partial charge in [0.15, 0.2) is 0 Å². The van der Waals surface area contributed by atoms with Gasteiger partial charge in [-0.3, -0.25) is 0 Å². The summed E-state index contributed by atoms with van der Waals surface area (Å²) in [5, 5.41) is 0. The van der Waals surface area contributed by atoms with E-state index in [0.717, 1.165) is 5.69 Å². The van der Waals surface area contributed by atoms with Crippen molar-refractivity contribution in [3.63, 3.8) is 0 Å². The van der Waals surface area contributed by atoms with Crippen molar-refractivity contribution >= 4 is 41.2 Å². The molecule has 2 rings (SSSR count). The third-order valence-corrected chi connectivity index (χ3v) is 2.04. The van der Waals surface area contributed by atoms with Gasteiger partial charge in [0.1, 0.15) is 0 Å². The Hall–Kier alpha value is -1.29. The molecule has 0 bridgehead atoms. The Bertz CT molecular complexity index is 459. The Morgan fingerprint density at radius 1 is 0.882 bits per heavy atom.